The van der Waals surface area contributed by atoms with E-state index in [0.717, 1.165) is 35.4 Å². The number of hydrogen-bond donors (Lipinski definition) is 2. The topological polar surface area (TPSA) is 58.3 Å². The van der Waals surface area contributed by atoms with Gasteiger partial charge < -0.3 is 14.8 Å². The number of fused-ring (bicyclic) bond motifs is 1. The van der Waals surface area contributed by atoms with Crippen LogP contribution in [0.5, 0.6) is 11.5 Å². The lowest BCUT2D eigenvalue weighted by atomic mass is 10.1. The Balaban J connectivity index is 1.77. The molecule has 3 aromatic carbocycles. The maximum absolute atomic E-state index is 10.2. The van der Waals surface area contributed by atoms with Crippen LogP contribution in [0.3, 0.4) is 0 Å². The quantitative estimate of drug-likeness (QED) is 0.584. The Labute approximate surface area is 145 Å². The SMILES string of the molecule is Oc1ccc(CCn2c(-c3ccccc3)nc3c(O)cccc32)cc1. The lowest BCUT2D eigenvalue weighted by Crippen LogP contribution is -2.03. The summed E-state index contributed by atoms with van der Waals surface area (Å²) in [6.07, 6.45) is 0.807. The van der Waals surface area contributed by atoms with Crippen molar-refractivity contribution in [1.82, 2.24) is 9.55 Å². The summed E-state index contributed by atoms with van der Waals surface area (Å²) < 4.78 is 2.14. The van der Waals surface area contributed by atoms with Crippen molar-refractivity contribution in [3.05, 3.63) is 78.4 Å². The van der Waals surface area contributed by atoms with E-state index in [9.17, 15) is 10.2 Å². The number of hydrogen-bond acceptors (Lipinski definition) is 3. The van der Waals surface area contributed by atoms with Crippen LogP contribution in [0.15, 0.2) is 72.8 Å². The molecule has 1 aromatic heterocycles. The first kappa shape index (κ1) is 15.3. The predicted octanol–water partition coefficient (Wildman–Crippen LogP) is 4.36. The van der Waals surface area contributed by atoms with E-state index in [-0.39, 0.29) is 11.5 Å². The van der Waals surface area contributed by atoms with Crippen molar-refractivity contribution < 1.29 is 10.2 Å². The Morgan fingerprint density at radius 2 is 1.56 bits per heavy atom. The number of rotatable bonds is 4. The standard InChI is InChI=1S/C21H18N2O2/c24-17-11-9-15(10-12-17)13-14-23-18-7-4-8-19(25)20(18)22-21(23)16-5-2-1-3-6-16/h1-12,24-25H,13-14H2. The molecule has 0 amide bonds. The van der Waals surface area contributed by atoms with Gasteiger partial charge in [0, 0.05) is 12.1 Å². The molecule has 4 heteroatoms. The molecule has 1 heterocycles. The first-order valence-corrected chi connectivity index (χ1v) is 8.24. The lowest BCUT2D eigenvalue weighted by molar-refractivity contribution is 0.475. The molecule has 0 spiro atoms. The second kappa shape index (κ2) is 6.32. The molecule has 0 fully saturated rings. The number of aromatic nitrogens is 2. The molecule has 0 bridgehead atoms. The molecule has 4 aromatic rings. The highest BCUT2D eigenvalue weighted by Gasteiger charge is 2.14. The van der Waals surface area contributed by atoms with Crippen LogP contribution in [0.4, 0.5) is 0 Å². The number of nitrogens with zero attached hydrogens (tertiary/aromatic N) is 2. The molecular formula is C21H18N2O2. The fraction of sp³-hybridized carbons (Fsp3) is 0.0952. The van der Waals surface area contributed by atoms with Gasteiger partial charge in [-0.15, -0.1) is 0 Å². The van der Waals surface area contributed by atoms with E-state index in [1.54, 1.807) is 18.2 Å². The summed E-state index contributed by atoms with van der Waals surface area (Å²) in [5.74, 6) is 1.31. The van der Waals surface area contributed by atoms with Crippen molar-refractivity contribution in [2.45, 2.75) is 13.0 Å². The molecule has 0 saturated heterocycles. The Morgan fingerprint density at radius 3 is 2.32 bits per heavy atom. The first-order valence-electron chi connectivity index (χ1n) is 8.24. The summed E-state index contributed by atoms with van der Waals surface area (Å²) in [6, 6.07) is 22.7. The number of para-hydroxylation sites is 1. The first-order chi connectivity index (χ1) is 12.2. The van der Waals surface area contributed by atoms with E-state index in [0.29, 0.717) is 5.52 Å². The largest absolute Gasteiger partial charge is 0.508 e. The summed E-state index contributed by atoms with van der Waals surface area (Å²) >= 11 is 0. The molecule has 4 rings (SSSR count). The molecule has 2 N–H and O–H groups in total. The van der Waals surface area contributed by atoms with Gasteiger partial charge in [0.1, 0.15) is 22.8 Å². The van der Waals surface area contributed by atoms with Gasteiger partial charge in [-0.2, -0.15) is 0 Å². The van der Waals surface area contributed by atoms with Gasteiger partial charge in [-0.05, 0) is 36.2 Å². The molecule has 0 unspecified atom stereocenters. The number of imidazole rings is 1. The van der Waals surface area contributed by atoms with Crippen molar-refractivity contribution in [3.8, 4) is 22.9 Å². The fourth-order valence-corrected chi connectivity index (χ4v) is 3.07. The highest BCUT2D eigenvalue weighted by Crippen LogP contribution is 2.30. The molecule has 0 saturated carbocycles. The van der Waals surface area contributed by atoms with Crippen molar-refractivity contribution in [2.75, 3.05) is 0 Å². The molecule has 124 valence electrons. The zero-order chi connectivity index (χ0) is 17.2. The molecule has 0 aliphatic heterocycles. The number of benzene rings is 3. The summed E-state index contributed by atoms with van der Waals surface area (Å²) in [7, 11) is 0. The van der Waals surface area contributed by atoms with E-state index in [4.69, 9.17) is 0 Å². The van der Waals surface area contributed by atoms with Crippen molar-refractivity contribution in [1.29, 1.82) is 0 Å². The highest BCUT2D eigenvalue weighted by atomic mass is 16.3. The molecule has 25 heavy (non-hydrogen) atoms. The van der Waals surface area contributed by atoms with Gasteiger partial charge in [-0.1, -0.05) is 48.5 Å². The lowest BCUT2D eigenvalue weighted by Gasteiger charge is -2.10. The van der Waals surface area contributed by atoms with Crippen LogP contribution in [-0.4, -0.2) is 19.8 Å². The van der Waals surface area contributed by atoms with E-state index >= 15 is 0 Å². The van der Waals surface area contributed by atoms with E-state index in [1.807, 2.05) is 54.6 Å². The van der Waals surface area contributed by atoms with Gasteiger partial charge in [-0.25, -0.2) is 4.98 Å². The highest BCUT2D eigenvalue weighted by molar-refractivity contribution is 5.85. The van der Waals surface area contributed by atoms with Crippen LogP contribution >= 0.6 is 0 Å². The Bertz CT molecular complexity index is 1010. The van der Waals surface area contributed by atoms with Crippen molar-refractivity contribution >= 4 is 11.0 Å². The summed E-state index contributed by atoms with van der Waals surface area (Å²) in [4.78, 5) is 4.68. The fourth-order valence-electron chi connectivity index (χ4n) is 3.07. The number of aryl methyl sites for hydroxylation is 2. The Morgan fingerprint density at radius 1 is 0.800 bits per heavy atom. The number of aromatic hydroxyl groups is 2. The van der Waals surface area contributed by atoms with Crippen LogP contribution < -0.4 is 0 Å². The molecule has 0 radical (unpaired) electrons. The van der Waals surface area contributed by atoms with Crippen LogP contribution in [-0.2, 0) is 13.0 Å². The number of phenolic OH excluding ortho intramolecular Hbond substituents is 2. The van der Waals surface area contributed by atoms with Crippen LogP contribution in [0.1, 0.15) is 5.56 Å². The third kappa shape index (κ3) is 2.94. The summed E-state index contributed by atoms with van der Waals surface area (Å²) in [6.45, 7) is 0.731. The van der Waals surface area contributed by atoms with Crippen LogP contribution in [0.25, 0.3) is 22.4 Å². The monoisotopic (exact) mass is 330 g/mol. The van der Waals surface area contributed by atoms with Gasteiger partial charge in [0.2, 0.25) is 0 Å². The molecule has 0 aliphatic rings. The van der Waals surface area contributed by atoms with E-state index in [1.165, 1.54) is 0 Å². The zero-order valence-electron chi connectivity index (χ0n) is 13.6. The van der Waals surface area contributed by atoms with E-state index < -0.39 is 0 Å². The smallest absolute Gasteiger partial charge is 0.143 e. The van der Waals surface area contributed by atoms with Gasteiger partial charge >= 0.3 is 0 Å². The maximum atomic E-state index is 10.2. The zero-order valence-corrected chi connectivity index (χ0v) is 13.6. The second-order valence-electron chi connectivity index (χ2n) is 6.01. The minimum atomic E-state index is 0.193. The maximum Gasteiger partial charge on any atom is 0.143 e. The minimum Gasteiger partial charge on any atom is -0.508 e. The van der Waals surface area contributed by atoms with Crippen molar-refractivity contribution in [2.24, 2.45) is 0 Å². The molecular weight excluding hydrogens is 312 g/mol. The summed E-state index contributed by atoms with van der Waals surface area (Å²) in [5, 5.41) is 19.6. The predicted molar refractivity (Wildman–Crippen MR) is 98.6 cm³/mol. The van der Waals surface area contributed by atoms with Gasteiger partial charge in [0.25, 0.3) is 0 Å². The molecule has 4 nitrogen and oxygen atoms in total. The summed E-state index contributed by atoms with van der Waals surface area (Å²) in [5.41, 5.74) is 3.69. The van der Waals surface area contributed by atoms with Gasteiger partial charge in [0.15, 0.2) is 0 Å². The second-order valence-corrected chi connectivity index (χ2v) is 6.01. The van der Waals surface area contributed by atoms with Crippen LogP contribution in [0, 0.1) is 0 Å². The van der Waals surface area contributed by atoms with E-state index in [2.05, 4.69) is 9.55 Å². The normalized spacial score (nSPS) is 11.0. The number of phenols is 2. The van der Waals surface area contributed by atoms with Crippen molar-refractivity contribution in [3.63, 3.8) is 0 Å². The minimum absolute atomic E-state index is 0.193. The third-order valence-electron chi connectivity index (χ3n) is 4.35. The Kier molecular flexibility index (Phi) is 3.86. The average molecular weight is 330 g/mol. The molecule has 0 aliphatic carbocycles. The average Bonchev–Trinajstić information content (AvgIpc) is 3.02. The van der Waals surface area contributed by atoms with Gasteiger partial charge in [0.05, 0.1) is 5.52 Å². The van der Waals surface area contributed by atoms with Gasteiger partial charge in [-0.3, -0.25) is 0 Å². The Hall–Kier alpha value is -3.27. The third-order valence-corrected chi connectivity index (χ3v) is 4.35. The molecule has 0 atom stereocenters. The van der Waals surface area contributed by atoms with Crippen LogP contribution in [0.2, 0.25) is 0 Å².